The number of benzene rings is 2. The minimum Gasteiger partial charge on any atom is -0.493 e. The summed E-state index contributed by atoms with van der Waals surface area (Å²) in [6.45, 7) is 2.01. The van der Waals surface area contributed by atoms with E-state index in [1.165, 1.54) is 13.2 Å². The second kappa shape index (κ2) is 8.55. The Balaban J connectivity index is 2.28. The van der Waals surface area contributed by atoms with Gasteiger partial charge < -0.3 is 14.8 Å². The number of aryl methyl sites for hydroxylation is 1. The number of rotatable bonds is 6. The third kappa shape index (κ3) is 4.39. The zero-order valence-electron chi connectivity index (χ0n) is 14.5. The highest BCUT2D eigenvalue weighted by Gasteiger charge is 2.12. The highest BCUT2D eigenvalue weighted by molar-refractivity contribution is 6.10. The van der Waals surface area contributed by atoms with Crippen molar-refractivity contribution in [2.45, 2.75) is 13.3 Å². The molecular weight excluding hydrogens is 316 g/mol. The van der Waals surface area contributed by atoms with Gasteiger partial charge in [-0.05, 0) is 41.8 Å². The maximum absolute atomic E-state index is 12.4. The fraction of sp³-hybridized carbons (Fsp3) is 0.200. The van der Waals surface area contributed by atoms with Gasteiger partial charge in [-0.25, -0.2) is 0 Å². The largest absolute Gasteiger partial charge is 0.493 e. The molecule has 0 saturated heterocycles. The number of nitrogens with zero attached hydrogens (tertiary/aromatic N) is 1. The van der Waals surface area contributed by atoms with Crippen LogP contribution in [0.5, 0.6) is 11.5 Å². The maximum atomic E-state index is 12.4. The number of ether oxygens (including phenoxy) is 2. The van der Waals surface area contributed by atoms with Gasteiger partial charge in [-0.3, -0.25) is 4.79 Å². The summed E-state index contributed by atoms with van der Waals surface area (Å²) in [5.74, 6) is 0.669. The molecule has 0 atom stereocenters. The van der Waals surface area contributed by atoms with Crippen molar-refractivity contribution in [1.29, 1.82) is 5.26 Å². The van der Waals surface area contributed by atoms with Crippen molar-refractivity contribution in [2.75, 3.05) is 19.5 Å². The third-order valence-electron chi connectivity index (χ3n) is 3.73. The molecule has 0 unspecified atom stereocenters. The quantitative estimate of drug-likeness (QED) is 0.643. The van der Waals surface area contributed by atoms with Crippen molar-refractivity contribution in [3.8, 4) is 17.6 Å². The van der Waals surface area contributed by atoms with E-state index in [1.54, 1.807) is 25.3 Å². The van der Waals surface area contributed by atoms with Crippen LogP contribution < -0.4 is 14.8 Å². The predicted molar refractivity (Wildman–Crippen MR) is 97.6 cm³/mol. The number of hydrogen-bond donors (Lipinski definition) is 1. The molecule has 2 aromatic rings. The lowest BCUT2D eigenvalue weighted by Gasteiger charge is -2.10. The smallest absolute Gasteiger partial charge is 0.266 e. The van der Waals surface area contributed by atoms with E-state index in [9.17, 15) is 10.1 Å². The summed E-state index contributed by atoms with van der Waals surface area (Å²) in [6, 6.07) is 14.7. The SMILES string of the molecule is CCc1ccccc1NC(=O)/C(C#N)=C/c1ccc(OC)c(OC)c1. The maximum Gasteiger partial charge on any atom is 0.266 e. The van der Waals surface area contributed by atoms with E-state index in [0.717, 1.165) is 12.0 Å². The molecule has 2 rings (SSSR count). The number of amides is 1. The second-order valence-corrected chi connectivity index (χ2v) is 5.25. The van der Waals surface area contributed by atoms with E-state index in [1.807, 2.05) is 37.3 Å². The number of para-hydroxylation sites is 1. The van der Waals surface area contributed by atoms with Crippen LogP contribution in [0.25, 0.3) is 6.08 Å². The molecule has 0 spiro atoms. The molecule has 0 saturated carbocycles. The first kappa shape index (κ1) is 18.1. The number of hydrogen-bond acceptors (Lipinski definition) is 4. The summed E-state index contributed by atoms with van der Waals surface area (Å²) in [6.07, 6.45) is 2.31. The Kier molecular flexibility index (Phi) is 6.19. The van der Waals surface area contributed by atoms with Gasteiger partial charge in [0.1, 0.15) is 11.6 Å². The van der Waals surface area contributed by atoms with Crippen molar-refractivity contribution < 1.29 is 14.3 Å². The molecule has 25 heavy (non-hydrogen) atoms. The predicted octanol–water partition coefficient (Wildman–Crippen LogP) is 3.81. The summed E-state index contributed by atoms with van der Waals surface area (Å²) in [4.78, 5) is 12.4. The highest BCUT2D eigenvalue weighted by atomic mass is 16.5. The molecule has 0 aliphatic heterocycles. The van der Waals surface area contributed by atoms with Gasteiger partial charge in [-0.15, -0.1) is 0 Å². The fourth-order valence-electron chi connectivity index (χ4n) is 2.40. The van der Waals surface area contributed by atoms with E-state index in [0.29, 0.717) is 22.7 Å². The van der Waals surface area contributed by atoms with Crippen LogP contribution >= 0.6 is 0 Å². The van der Waals surface area contributed by atoms with Crippen LogP contribution in [0.4, 0.5) is 5.69 Å². The molecule has 2 aromatic carbocycles. The van der Waals surface area contributed by atoms with Crippen molar-refractivity contribution in [1.82, 2.24) is 0 Å². The van der Waals surface area contributed by atoms with Gasteiger partial charge in [-0.2, -0.15) is 5.26 Å². The van der Waals surface area contributed by atoms with Gasteiger partial charge in [0.15, 0.2) is 11.5 Å². The molecule has 0 heterocycles. The van der Waals surface area contributed by atoms with Crippen molar-refractivity contribution in [2.24, 2.45) is 0 Å². The molecule has 0 fully saturated rings. The van der Waals surface area contributed by atoms with Gasteiger partial charge in [0.05, 0.1) is 14.2 Å². The van der Waals surface area contributed by atoms with Crippen LogP contribution in [0.2, 0.25) is 0 Å². The molecule has 1 N–H and O–H groups in total. The zero-order valence-corrected chi connectivity index (χ0v) is 14.5. The summed E-state index contributed by atoms with van der Waals surface area (Å²) in [5, 5.41) is 12.2. The van der Waals surface area contributed by atoms with Gasteiger partial charge >= 0.3 is 0 Å². The molecule has 5 heteroatoms. The number of anilines is 1. The molecule has 1 amide bonds. The summed E-state index contributed by atoms with van der Waals surface area (Å²) in [5.41, 5.74) is 2.41. The van der Waals surface area contributed by atoms with E-state index < -0.39 is 5.91 Å². The minimum absolute atomic E-state index is 0.0122. The Morgan fingerprint density at radius 2 is 1.88 bits per heavy atom. The summed E-state index contributed by atoms with van der Waals surface area (Å²) < 4.78 is 10.4. The number of methoxy groups -OCH3 is 2. The average Bonchev–Trinajstić information content (AvgIpc) is 2.66. The topological polar surface area (TPSA) is 71.4 Å². The lowest BCUT2D eigenvalue weighted by Crippen LogP contribution is -2.14. The van der Waals surface area contributed by atoms with Crippen LogP contribution in [-0.2, 0) is 11.2 Å². The van der Waals surface area contributed by atoms with Gasteiger partial charge in [0.25, 0.3) is 5.91 Å². The normalized spacial score (nSPS) is 10.7. The van der Waals surface area contributed by atoms with Crippen molar-refractivity contribution in [3.05, 3.63) is 59.2 Å². The van der Waals surface area contributed by atoms with Crippen LogP contribution in [0.3, 0.4) is 0 Å². The first-order chi connectivity index (χ1) is 12.1. The van der Waals surface area contributed by atoms with E-state index >= 15 is 0 Å². The third-order valence-corrected chi connectivity index (χ3v) is 3.73. The Hall–Kier alpha value is -3.26. The molecular formula is C20H20N2O3. The summed E-state index contributed by atoms with van der Waals surface area (Å²) >= 11 is 0. The highest BCUT2D eigenvalue weighted by Crippen LogP contribution is 2.28. The van der Waals surface area contributed by atoms with Crippen LogP contribution in [-0.4, -0.2) is 20.1 Å². The van der Waals surface area contributed by atoms with Crippen LogP contribution in [0, 0.1) is 11.3 Å². The number of nitrogens with one attached hydrogen (secondary N) is 1. The molecule has 128 valence electrons. The lowest BCUT2D eigenvalue weighted by molar-refractivity contribution is -0.112. The standard InChI is InChI=1S/C20H20N2O3/c1-4-15-7-5-6-8-17(15)22-20(23)16(13-21)11-14-9-10-18(24-2)19(12-14)25-3/h5-12H,4H2,1-3H3,(H,22,23)/b16-11+. The lowest BCUT2D eigenvalue weighted by atomic mass is 10.1. The Morgan fingerprint density at radius 3 is 2.52 bits per heavy atom. The van der Waals surface area contributed by atoms with Gasteiger partial charge in [0.2, 0.25) is 0 Å². The molecule has 0 aliphatic rings. The van der Waals surface area contributed by atoms with E-state index in [-0.39, 0.29) is 5.57 Å². The molecule has 0 aromatic heterocycles. The van der Waals surface area contributed by atoms with Crippen LogP contribution in [0.15, 0.2) is 48.0 Å². The number of nitriles is 1. The molecule has 5 nitrogen and oxygen atoms in total. The number of carbonyl (C=O) groups is 1. The molecule has 0 bridgehead atoms. The fourth-order valence-corrected chi connectivity index (χ4v) is 2.40. The Labute approximate surface area is 147 Å². The Bertz CT molecular complexity index is 835. The van der Waals surface area contributed by atoms with Crippen molar-refractivity contribution in [3.63, 3.8) is 0 Å². The second-order valence-electron chi connectivity index (χ2n) is 5.25. The van der Waals surface area contributed by atoms with Crippen LogP contribution in [0.1, 0.15) is 18.1 Å². The summed E-state index contributed by atoms with van der Waals surface area (Å²) in [7, 11) is 3.08. The average molecular weight is 336 g/mol. The first-order valence-corrected chi connectivity index (χ1v) is 7.86. The van der Waals surface area contributed by atoms with Gasteiger partial charge in [-0.1, -0.05) is 31.2 Å². The molecule has 0 radical (unpaired) electrons. The zero-order chi connectivity index (χ0) is 18.2. The van der Waals surface area contributed by atoms with Crippen molar-refractivity contribution >= 4 is 17.7 Å². The monoisotopic (exact) mass is 336 g/mol. The Morgan fingerprint density at radius 1 is 1.16 bits per heavy atom. The number of carbonyl (C=O) groups excluding carboxylic acids is 1. The first-order valence-electron chi connectivity index (χ1n) is 7.86. The van der Waals surface area contributed by atoms with Gasteiger partial charge in [0, 0.05) is 5.69 Å². The molecule has 0 aliphatic carbocycles. The minimum atomic E-state index is -0.446. The van der Waals surface area contributed by atoms with E-state index in [2.05, 4.69) is 5.32 Å². The van der Waals surface area contributed by atoms with E-state index in [4.69, 9.17) is 9.47 Å².